The average molecular weight is 490 g/mol. The summed E-state index contributed by atoms with van der Waals surface area (Å²) in [4.78, 5) is 16.4. The Morgan fingerprint density at radius 1 is 0.973 bits per heavy atom. The zero-order chi connectivity index (χ0) is 25.6. The van der Waals surface area contributed by atoms with Crippen molar-refractivity contribution < 1.29 is 9.90 Å². The van der Waals surface area contributed by atoms with E-state index in [1.807, 2.05) is 24.3 Å². The normalized spacial score (nSPS) is 14.6. The predicted molar refractivity (Wildman–Crippen MR) is 151 cm³/mol. The molecule has 1 heterocycles. The number of aliphatic carboxylic acids is 1. The molecule has 5 rings (SSSR count). The summed E-state index contributed by atoms with van der Waals surface area (Å²) in [5.74, 6) is 0.283. The third-order valence-electron chi connectivity index (χ3n) is 6.61. The van der Waals surface area contributed by atoms with Crippen molar-refractivity contribution in [3.8, 4) is 33.8 Å². The van der Waals surface area contributed by atoms with Crippen LogP contribution in [0.25, 0.3) is 33.8 Å². The molecule has 0 saturated carbocycles. The van der Waals surface area contributed by atoms with Crippen LogP contribution in [0.3, 0.4) is 0 Å². The first kappa shape index (κ1) is 24.3. The number of allylic oxidation sites excluding steroid dienone is 4. The van der Waals surface area contributed by atoms with Gasteiger partial charge in [0.25, 0.3) is 0 Å². The highest BCUT2D eigenvalue weighted by atomic mass is 16.4. The van der Waals surface area contributed by atoms with Crippen LogP contribution in [0.5, 0.6) is 0 Å². The molecule has 0 fully saturated rings. The number of nitrogens with one attached hydrogen (secondary N) is 1. The highest BCUT2D eigenvalue weighted by Crippen LogP contribution is 2.40. The van der Waals surface area contributed by atoms with Crippen LogP contribution in [-0.4, -0.2) is 27.2 Å². The van der Waals surface area contributed by atoms with Crippen molar-refractivity contribution in [1.29, 1.82) is 0 Å². The van der Waals surface area contributed by atoms with Crippen LogP contribution in [0.2, 0.25) is 0 Å². The number of aromatic nitrogens is 2. The van der Waals surface area contributed by atoms with E-state index in [2.05, 4.69) is 95.7 Å². The number of carboxylic acids is 1. The predicted octanol–water partition coefficient (Wildman–Crippen LogP) is 7.39. The van der Waals surface area contributed by atoms with Gasteiger partial charge in [-0.1, -0.05) is 98.0 Å². The minimum Gasteiger partial charge on any atom is -0.480 e. The van der Waals surface area contributed by atoms with E-state index in [9.17, 15) is 4.79 Å². The maximum Gasteiger partial charge on any atom is 0.322 e. The highest BCUT2D eigenvalue weighted by molar-refractivity contribution is 5.84. The topological polar surface area (TPSA) is 67.2 Å². The van der Waals surface area contributed by atoms with Crippen molar-refractivity contribution >= 4 is 11.7 Å². The van der Waals surface area contributed by atoms with Crippen LogP contribution in [0.15, 0.2) is 103 Å². The van der Waals surface area contributed by atoms with Gasteiger partial charge < -0.3 is 15.0 Å². The molecule has 5 heteroatoms. The van der Waals surface area contributed by atoms with Crippen LogP contribution in [0, 0.1) is 0 Å². The van der Waals surface area contributed by atoms with Gasteiger partial charge in [0, 0.05) is 29.3 Å². The second kappa shape index (κ2) is 11.1. The van der Waals surface area contributed by atoms with Gasteiger partial charge in [0.15, 0.2) is 0 Å². The van der Waals surface area contributed by atoms with Crippen molar-refractivity contribution in [2.45, 2.75) is 32.2 Å². The number of carbonyl (C=O) groups is 1. The Balaban J connectivity index is 1.68. The van der Waals surface area contributed by atoms with Gasteiger partial charge in [0.05, 0.1) is 11.4 Å². The van der Waals surface area contributed by atoms with Crippen LogP contribution in [0.1, 0.15) is 31.4 Å². The molecule has 37 heavy (non-hydrogen) atoms. The van der Waals surface area contributed by atoms with Crippen molar-refractivity contribution in [3.05, 3.63) is 109 Å². The van der Waals surface area contributed by atoms with Gasteiger partial charge >= 0.3 is 5.97 Å². The summed E-state index contributed by atoms with van der Waals surface area (Å²) in [6.45, 7) is 2.93. The van der Waals surface area contributed by atoms with E-state index >= 15 is 0 Å². The van der Waals surface area contributed by atoms with Crippen molar-refractivity contribution in [3.63, 3.8) is 0 Å². The first-order valence-electron chi connectivity index (χ1n) is 12.8. The molecule has 2 N–H and O–H groups in total. The molecule has 0 bridgehead atoms. The third-order valence-corrected chi connectivity index (χ3v) is 6.61. The molecule has 0 radical (unpaired) electrons. The Labute approximate surface area is 217 Å². The molecule has 0 saturated heterocycles. The largest absolute Gasteiger partial charge is 0.480 e. The lowest BCUT2D eigenvalue weighted by Gasteiger charge is -2.16. The van der Waals surface area contributed by atoms with Crippen LogP contribution >= 0.6 is 0 Å². The van der Waals surface area contributed by atoms with Crippen LogP contribution in [-0.2, 0) is 11.3 Å². The quantitative estimate of drug-likeness (QED) is 0.257. The summed E-state index contributed by atoms with van der Waals surface area (Å²) in [6, 6.07) is 26.8. The summed E-state index contributed by atoms with van der Waals surface area (Å²) in [5, 5.41) is 12.1. The first-order valence-corrected chi connectivity index (χ1v) is 12.8. The molecule has 5 nitrogen and oxygen atoms in total. The number of hydrogen-bond acceptors (Lipinski definition) is 3. The van der Waals surface area contributed by atoms with Gasteiger partial charge in [0.1, 0.15) is 12.4 Å². The number of nitrogens with zero attached hydrogens (tertiary/aromatic N) is 2. The summed E-state index contributed by atoms with van der Waals surface area (Å²) in [6.07, 6.45) is 10.6. The molecule has 0 aliphatic heterocycles. The second-order valence-corrected chi connectivity index (χ2v) is 9.22. The molecule has 1 atom stereocenters. The van der Waals surface area contributed by atoms with E-state index in [1.54, 1.807) is 0 Å². The lowest BCUT2D eigenvalue weighted by atomic mass is 9.94. The number of anilines is 1. The average Bonchev–Trinajstić information content (AvgIpc) is 3.32. The van der Waals surface area contributed by atoms with Crippen molar-refractivity contribution in [2.24, 2.45) is 0 Å². The molecule has 3 aromatic carbocycles. The van der Waals surface area contributed by atoms with E-state index < -0.39 is 5.97 Å². The summed E-state index contributed by atoms with van der Waals surface area (Å²) < 4.78 is 2.38. The molecule has 0 amide bonds. The number of imidazole rings is 1. The molecule has 1 aliphatic carbocycles. The Bertz CT molecular complexity index is 1450. The van der Waals surface area contributed by atoms with E-state index in [4.69, 9.17) is 10.1 Å². The van der Waals surface area contributed by atoms with Gasteiger partial charge in [-0.05, 0) is 36.1 Å². The standard InChI is InChI=1S/C32H31N3O2/c1-2-20-35-31(24-14-7-4-8-15-24)30(23-12-5-3-6-13-23)34-32(35)28-19-10-9-18-27(28)25-16-11-17-26(21-25)33-22-29(36)37/h3-12,14-19,21,23,33H,2,13,20,22H2,1H3,(H,36,37). The fourth-order valence-corrected chi connectivity index (χ4v) is 4.96. The molecular formula is C32H31N3O2. The lowest BCUT2D eigenvalue weighted by Crippen LogP contribution is -2.12. The van der Waals surface area contributed by atoms with E-state index in [0.29, 0.717) is 0 Å². The SMILES string of the molecule is CCCn1c(-c2ccccc2-c2cccc(NCC(=O)O)c2)nc(C2C=CC=CC2)c1-c1ccccc1. The van der Waals surface area contributed by atoms with Gasteiger partial charge in [-0.2, -0.15) is 0 Å². The second-order valence-electron chi connectivity index (χ2n) is 9.22. The molecule has 186 valence electrons. The Hall–Kier alpha value is -4.38. The number of rotatable bonds is 9. The number of carboxylic acid groups (broad SMARTS) is 1. The minimum absolute atomic E-state index is 0.126. The maximum atomic E-state index is 11.1. The smallest absolute Gasteiger partial charge is 0.322 e. The summed E-state index contributed by atoms with van der Waals surface area (Å²) >= 11 is 0. The van der Waals surface area contributed by atoms with Crippen molar-refractivity contribution in [2.75, 3.05) is 11.9 Å². The van der Waals surface area contributed by atoms with E-state index in [-0.39, 0.29) is 12.5 Å². The minimum atomic E-state index is -0.889. The van der Waals surface area contributed by atoms with Gasteiger partial charge in [0.2, 0.25) is 0 Å². The van der Waals surface area contributed by atoms with Crippen LogP contribution in [0.4, 0.5) is 5.69 Å². The van der Waals surface area contributed by atoms with Gasteiger partial charge in [-0.15, -0.1) is 0 Å². The first-order chi connectivity index (χ1) is 18.2. The van der Waals surface area contributed by atoms with Gasteiger partial charge in [-0.25, -0.2) is 4.98 Å². The van der Waals surface area contributed by atoms with Gasteiger partial charge in [-0.3, -0.25) is 4.79 Å². The fraction of sp³-hybridized carbons (Fsp3) is 0.188. The van der Waals surface area contributed by atoms with Crippen molar-refractivity contribution in [1.82, 2.24) is 9.55 Å². The Morgan fingerprint density at radius 3 is 2.46 bits per heavy atom. The molecule has 1 aliphatic rings. The molecule has 1 unspecified atom stereocenters. The lowest BCUT2D eigenvalue weighted by molar-refractivity contribution is -0.134. The number of hydrogen-bond donors (Lipinski definition) is 2. The molecule has 1 aromatic heterocycles. The summed E-state index contributed by atoms with van der Waals surface area (Å²) in [5.41, 5.74) is 7.36. The Kier molecular flexibility index (Phi) is 7.31. The van der Waals surface area contributed by atoms with E-state index in [0.717, 1.165) is 53.3 Å². The van der Waals surface area contributed by atoms with Crippen LogP contribution < -0.4 is 5.32 Å². The highest BCUT2D eigenvalue weighted by Gasteiger charge is 2.25. The molecule has 4 aromatic rings. The number of benzene rings is 3. The monoisotopic (exact) mass is 489 g/mol. The third kappa shape index (κ3) is 5.26. The van der Waals surface area contributed by atoms with E-state index in [1.165, 1.54) is 11.3 Å². The Morgan fingerprint density at radius 2 is 1.73 bits per heavy atom. The summed E-state index contributed by atoms with van der Waals surface area (Å²) in [7, 11) is 0. The maximum absolute atomic E-state index is 11.1. The zero-order valence-corrected chi connectivity index (χ0v) is 21.0. The molecule has 0 spiro atoms. The zero-order valence-electron chi connectivity index (χ0n) is 21.0. The fourth-order valence-electron chi connectivity index (χ4n) is 4.96. The molecular weight excluding hydrogens is 458 g/mol.